The van der Waals surface area contributed by atoms with E-state index in [1.165, 1.54) is 25.7 Å². The zero-order valence-corrected chi connectivity index (χ0v) is 12.9. The van der Waals surface area contributed by atoms with E-state index < -0.39 is 0 Å². The Balaban J connectivity index is 2.92. The van der Waals surface area contributed by atoms with E-state index >= 15 is 0 Å². The fourth-order valence-electron chi connectivity index (χ4n) is 2.65. The van der Waals surface area contributed by atoms with Crippen LogP contribution in [0.25, 0.3) is 0 Å². The summed E-state index contributed by atoms with van der Waals surface area (Å²) in [7, 11) is 0. The lowest BCUT2D eigenvalue weighted by molar-refractivity contribution is 0.112. The Kier molecular flexibility index (Phi) is 6.82. The van der Waals surface area contributed by atoms with Crippen molar-refractivity contribution >= 4 is 6.29 Å². The highest BCUT2D eigenvalue weighted by atomic mass is 16.1. The molecule has 0 bridgehead atoms. The summed E-state index contributed by atoms with van der Waals surface area (Å²) in [6.07, 6.45) is 7.66. The third kappa shape index (κ3) is 3.92. The summed E-state index contributed by atoms with van der Waals surface area (Å²) in [5, 5.41) is 4.65. The van der Waals surface area contributed by atoms with E-state index in [0.29, 0.717) is 5.92 Å². The quantitative estimate of drug-likeness (QED) is 0.631. The highest BCUT2D eigenvalue weighted by Gasteiger charge is 2.17. The third-order valence-electron chi connectivity index (χ3n) is 3.94. The van der Waals surface area contributed by atoms with E-state index in [-0.39, 0.29) is 0 Å². The Morgan fingerprint density at radius 2 is 1.95 bits per heavy atom. The van der Waals surface area contributed by atoms with Crippen molar-refractivity contribution < 1.29 is 4.79 Å². The van der Waals surface area contributed by atoms with E-state index in [2.05, 4.69) is 37.5 Å². The fourth-order valence-corrected chi connectivity index (χ4v) is 2.65. The first-order valence-corrected chi connectivity index (χ1v) is 7.75. The minimum Gasteiger partial charge on any atom is -0.298 e. The molecule has 1 heterocycles. The average Bonchev–Trinajstić information content (AvgIpc) is 2.79. The number of unbranched alkanes of at least 4 members (excludes halogenated alkanes) is 1. The Hall–Kier alpha value is -1.12. The predicted molar refractivity (Wildman–Crippen MR) is 79.7 cm³/mol. The molecule has 0 amide bonds. The zero-order chi connectivity index (χ0) is 14.3. The number of hydrogen-bond donors (Lipinski definition) is 0. The van der Waals surface area contributed by atoms with Crippen LogP contribution in [0, 0.1) is 5.92 Å². The van der Waals surface area contributed by atoms with Gasteiger partial charge in [-0.3, -0.25) is 9.48 Å². The number of aldehydes is 1. The molecule has 0 N–H and O–H groups in total. The van der Waals surface area contributed by atoms with Crippen molar-refractivity contribution in [2.24, 2.45) is 5.92 Å². The van der Waals surface area contributed by atoms with Crippen molar-refractivity contribution in [3.8, 4) is 0 Å². The van der Waals surface area contributed by atoms with Crippen LogP contribution in [-0.2, 0) is 19.4 Å². The molecule has 0 aliphatic heterocycles. The Morgan fingerprint density at radius 3 is 2.42 bits per heavy atom. The van der Waals surface area contributed by atoms with Crippen LogP contribution in [0.1, 0.15) is 75.1 Å². The minimum atomic E-state index is 0.675. The van der Waals surface area contributed by atoms with Gasteiger partial charge in [-0.25, -0.2) is 0 Å². The molecule has 1 aromatic heterocycles. The summed E-state index contributed by atoms with van der Waals surface area (Å²) >= 11 is 0. The second-order valence-electron chi connectivity index (χ2n) is 5.23. The molecular weight excluding hydrogens is 236 g/mol. The molecule has 0 radical (unpaired) electrons. The fraction of sp³-hybridized carbons (Fsp3) is 0.750. The van der Waals surface area contributed by atoms with Gasteiger partial charge in [0, 0.05) is 12.2 Å². The summed E-state index contributed by atoms with van der Waals surface area (Å²) in [5.41, 5.74) is 2.90. The first-order chi connectivity index (χ1) is 9.21. The van der Waals surface area contributed by atoms with Gasteiger partial charge in [-0.2, -0.15) is 5.10 Å². The van der Waals surface area contributed by atoms with E-state index in [1.807, 2.05) is 0 Å². The van der Waals surface area contributed by atoms with E-state index in [0.717, 1.165) is 42.6 Å². The van der Waals surface area contributed by atoms with E-state index in [4.69, 9.17) is 0 Å². The van der Waals surface area contributed by atoms with Gasteiger partial charge in [0.05, 0.1) is 11.3 Å². The van der Waals surface area contributed by atoms with Crippen molar-refractivity contribution in [1.29, 1.82) is 0 Å². The molecule has 0 aromatic carbocycles. The number of rotatable bonds is 9. The van der Waals surface area contributed by atoms with Gasteiger partial charge in [-0.15, -0.1) is 0 Å². The molecule has 108 valence electrons. The highest BCUT2D eigenvalue weighted by Crippen LogP contribution is 2.19. The number of nitrogens with zero attached hydrogens (tertiary/aromatic N) is 2. The second kappa shape index (κ2) is 8.13. The molecule has 1 unspecified atom stereocenters. The molecule has 0 saturated heterocycles. The number of aryl methyl sites for hydroxylation is 1. The molecule has 3 heteroatoms. The van der Waals surface area contributed by atoms with Gasteiger partial charge in [0.25, 0.3) is 0 Å². The van der Waals surface area contributed by atoms with Crippen molar-refractivity contribution in [3.63, 3.8) is 0 Å². The monoisotopic (exact) mass is 264 g/mol. The predicted octanol–water partition coefficient (Wildman–Crippen LogP) is 4.04. The molecule has 3 nitrogen and oxygen atoms in total. The van der Waals surface area contributed by atoms with E-state index in [9.17, 15) is 4.79 Å². The zero-order valence-electron chi connectivity index (χ0n) is 12.9. The first kappa shape index (κ1) is 15.9. The molecule has 0 aliphatic rings. The summed E-state index contributed by atoms with van der Waals surface area (Å²) in [6.45, 7) is 9.61. The van der Waals surface area contributed by atoms with Crippen LogP contribution < -0.4 is 0 Å². The Labute approximate surface area is 117 Å². The van der Waals surface area contributed by atoms with Crippen LogP contribution in [0.4, 0.5) is 0 Å². The maximum absolute atomic E-state index is 11.3. The molecule has 0 aliphatic carbocycles. The lowest BCUT2D eigenvalue weighted by Crippen LogP contribution is -2.14. The SMILES string of the molecule is CCCCC(CC)Cn1nc(CC)c(C=O)c1CC. The number of aromatic nitrogens is 2. The number of carbonyl (C=O) groups is 1. The van der Waals surface area contributed by atoms with Crippen molar-refractivity contribution in [2.75, 3.05) is 0 Å². The summed E-state index contributed by atoms with van der Waals surface area (Å²) in [5.74, 6) is 0.675. The van der Waals surface area contributed by atoms with Gasteiger partial charge in [0.1, 0.15) is 0 Å². The molecule has 0 saturated carbocycles. The largest absolute Gasteiger partial charge is 0.298 e. The molecule has 0 fully saturated rings. The Morgan fingerprint density at radius 1 is 1.21 bits per heavy atom. The molecule has 1 rings (SSSR count). The molecular formula is C16H28N2O. The van der Waals surface area contributed by atoms with Crippen LogP contribution in [-0.4, -0.2) is 16.1 Å². The lowest BCUT2D eigenvalue weighted by Gasteiger charge is -2.16. The Bertz CT molecular complexity index is 396. The second-order valence-corrected chi connectivity index (χ2v) is 5.23. The van der Waals surface area contributed by atoms with Gasteiger partial charge in [0.2, 0.25) is 0 Å². The van der Waals surface area contributed by atoms with Gasteiger partial charge in [-0.1, -0.05) is 47.0 Å². The van der Waals surface area contributed by atoms with Crippen LogP contribution >= 0.6 is 0 Å². The molecule has 0 spiro atoms. The maximum Gasteiger partial charge on any atom is 0.153 e. The number of carbonyl (C=O) groups excluding carboxylic acids is 1. The number of hydrogen-bond acceptors (Lipinski definition) is 2. The van der Waals surface area contributed by atoms with Gasteiger partial charge in [0.15, 0.2) is 6.29 Å². The van der Waals surface area contributed by atoms with Crippen molar-refractivity contribution in [3.05, 3.63) is 17.0 Å². The van der Waals surface area contributed by atoms with Gasteiger partial charge >= 0.3 is 0 Å². The van der Waals surface area contributed by atoms with Crippen molar-refractivity contribution in [1.82, 2.24) is 9.78 Å². The van der Waals surface area contributed by atoms with Crippen LogP contribution in [0.15, 0.2) is 0 Å². The normalized spacial score (nSPS) is 12.6. The molecule has 1 aromatic rings. The van der Waals surface area contributed by atoms with Gasteiger partial charge < -0.3 is 0 Å². The standard InChI is InChI=1S/C16H28N2O/c1-5-9-10-13(6-2)11-18-16(8-4)14(12-19)15(7-3)17-18/h12-13H,5-11H2,1-4H3. The van der Waals surface area contributed by atoms with Crippen molar-refractivity contribution in [2.45, 2.75) is 72.8 Å². The smallest absolute Gasteiger partial charge is 0.153 e. The summed E-state index contributed by atoms with van der Waals surface area (Å²) in [6, 6.07) is 0. The van der Waals surface area contributed by atoms with Crippen LogP contribution in [0.3, 0.4) is 0 Å². The summed E-state index contributed by atoms with van der Waals surface area (Å²) in [4.78, 5) is 11.3. The summed E-state index contributed by atoms with van der Waals surface area (Å²) < 4.78 is 2.09. The third-order valence-corrected chi connectivity index (χ3v) is 3.94. The minimum absolute atomic E-state index is 0.675. The average molecular weight is 264 g/mol. The maximum atomic E-state index is 11.3. The molecule has 1 atom stereocenters. The van der Waals surface area contributed by atoms with E-state index in [1.54, 1.807) is 0 Å². The van der Waals surface area contributed by atoms with Crippen LogP contribution in [0.5, 0.6) is 0 Å². The van der Waals surface area contributed by atoms with Crippen LogP contribution in [0.2, 0.25) is 0 Å². The lowest BCUT2D eigenvalue weighted by atomic mass is 9.99. The highest BCUT2D eigenvalue weighted by molar-refractivity contribution is 5.78. The van der Waals surface area contributed by atoms with Gasteiger partial charge in [-0.05, 0) is 25.2 Å². The topological polar surface area (TPSA) is 34.9 Å². The molecule has 19 heavy (non-hydrogen) atoms. The first-order valence-electron chi connectivity index (χ1n) is 7.75.